The Balaban J connectivity index is 1.82. The Bertz CT molecular complexity index is 1140. The predicted molar refractivity (Wildman–Crippen MR) is 114 cm³/mol. The maximum Gasteiger partial charge on any atom is 0.295 e. The predicted octanol–water partition coefficient (Wildman–Crippen LogP) is 3.44. The first-order valence-electron chi connectivity index (χ1n) is 9.94. The second-order valence-electron chi connectivity index (χ2n) is 7.85. The van der Waals surface area contributed by atoms with Gasteiger partial charge in [-0.2, -0.15) is 0 Å². The molecule has 1 amide bonds. The van der Waals surface area contributed by atoms with Crippen LogP contribution in [0.3, 0.4) is 0 Å². The van der Waals surface area contributed by atoms with Crippen molar-refractivity contribution in [1.82, 2.24) is 14.8 Å². The molecule has 1 aliphatic heterocycles. The molecule has 1 fully saturated rings. The molecule has 7 heteroatoms. The quantitative estimate of drug-likeness (QED) is 0.371. The molecule has 0 aliphatic carbocycles. The number of likely N-dealkylation sites (tertiary alicyclic amines) is 1. The fourth-order valence-electron chi connectivity index (χ4n) is 3.98. The first kappa shape index (κ1) is 20.0. The molecule has 1 atom stereocenters. The number of benzene rings is 1. The van der Waals surface area contributed by atoms with Crippen molar-refractivity contribution >= 4 is 28.4 Å². The molecule has 1 unspecified atom stereocenters. The van der Waals surface area contributed by atoms with Crippen LogP contribution in [-0.4, -0.2) is 58.8 Å². The fourth-order valence-corrected chi connectivity index (χ4v) is 3.98. The second-order valence-corrected chi connectivity index (χ2v) is 7.85. The van der Waals surface area contributed by atoms with E-state index in [1.54, 1.807) is 25.3 Å². The topological polar surface area (TPSA) is 89.8 Å². The lowest BCUT2D eigenvalue weighted by Crippen LogP contribution is -2.32. The lowest BCUT2D eigenvalue weighted by molar-refractivity contribution is -0.140. The van der Waals surface area contributed by atoms with Gasteiger partial charge in [0.2, 0.25) is 0 Å². The number of aryl methyl sites for hydroxylation is 1. The molecule has 3 heterocycles. The van der Waals surface area contributed by atoms with E-state index in [-0.39, 0.29) is 11.3 Å². The molecule has 0 bridgehead atoms. The van der Waals surface area contributed by atoms with Crippen LogP contribution in [0, 0.1) is 6.92 Å². The fraction of sp³-hybridized carbons (Fsp3) is 0.304. The Hall–Kier alpha value is -3.32. The number of nitrogens with one attached hydrogen (secondary N) is 1. The zero-order valence-electron chi connectivity index (χ0n) is 17.3. The minimum Gasteiger partial charge on any atom is -0.507 e. The number of furan rings is 1. The van der Waals surface area contributed by atoms with Crippen LogP contribution < -0.4 is 0 Å². The number of fused-ring (bicyclic) bond motifs is 1. The maximum atomic E-state index is 13.0. The SMILES string of the molecule is Cc1ccc(C2/C(=C(/O)c3c[nH]c4ccccc34)C(=O)C(=O)N2CCCN(C)C)o1. The van der Waals surface area contributed by atoms with Crippen LogP contribution in [0.5, 0.6) is 0 Å². The molecule has 0 spiro atoms. The molecule has 4 rings (SSSR count). The van der Waals surface area contributed by atoms with E-state index in [0.717, 1.165) is 17.4 Å². The van der Waals surface area contributed by atoms with Gasteiger partial charge in [-0.1, -0.05) is 18.2 Å². The van der Waals surface area contributed by atoms with Crippen molar-refractivity contribution in [3.05, 3.63) is 65.3 Å². The lowest BCUT2D eigenvalue weighted by Gasteiger charge is -2.24. The van der Waals surface area contributed by atoms with Gasteiger partial charge in [-0.25, -0.2) is 0 Å². The number of hydrogen-bond acceptors (Lipinski definition) is 5. The number of aliphatic hydroxyl groups is 1. The van der Waals surface area contributed by atoms with Gasteiger partial charge in [0.15, 0.2) is 0 Å². The summed E-state index contributed by atoms with van der Waals surface area (Å²) in [4.78, 5) is 32.5. The van der Waals surface area contributed by atoms with Crippen LogP contribution in [0.2, 0.25) is 0 Å². The number of Topliss-reactive ketones (excluding diaryl/α,β-unsaturated/α-hetero) is 1. The van der Waals surface area contributed by atoms with Crippen molar-refractivity contribution in [3.63, 3.8) is 0 Å². The van der Waals surface area contributed by atoms with E-state index in [1.165, 1.54) is 4.90 Å². The van der Waals surface area contributed by atoms with Crippen molar-refractivity contribution in [2.45, 2.75) is 19.4 Å². The largest absolute Gasteiger partial charge is 0.507 e. The number of carbonyl (C=O) groups is 2. The number of carbonyl (C=O) groups excluding carboxylic acids is 2. The van der Waals surface area contributed by atoms with Gasteiger partial charge in [-0.3, -0.25) is 9.59 Å². The van der Waals surface area contributed by atoms with E-state index in [4.69, 9.17) is 4.42 Å². The number of para-hydroxylation sites is 1. The minimum absolute atomic E-state index is 0.0592. The summed E-state index contributed by atoms with van der Waals surface area (Å²) in [5.41, 5.74) is 1.39. The average Bonchev–Trinajstić information content (AvgIpc) is 3.39. The van der Waals surface area contributed by atoms with Gasteiger partial charge in [-0.15, -0.1) is 0 Å². The molecule has 1 aromatic carbocycles. The van der Waals surface area contributed by atoms with Crippen molar-refractivity contribution < 1.29 is 19.1 Å². The van der Waals surface area contributed by atoms with E-state index in [0.29, 0.717) is 30.0 Å². The maximum absolute atomic E-state index is 13.0. The van der Waals surface area contributed by atoms with Gasteiger partial charge in [0.05, 0.1) is 5.57 Å². The minimum atomic E-state index is -0.755. The molecule has 156 valence electrons. The molecule has 1 aliphatic rings. The van der Waals surface area contributed by atoms with Crippen molar-refractivity contribution in [3.8, 4) is 0 Å². The Morgan fingerprint density at radius 1 is 1.20 bits per heavy atom. The standard InChI is InChI=1S/C23H25N3O4/c1-14-9-10-18(30-14)20-19(22(28)23(29)26(20)12-6-11-25(2)3)21(27)16-13-24-17-8-5-4-7-15(16)17/h4-5,7-10,13,20,24,27H,6,11-12H2,1-3H3/b21-19-. The smallest absolute Gasteiger partial charge is 0.295 e. The highest BCUT2D eigenvalue weighted by atomic mass is 16.3. The third-order valence-electron chi connectivity index (χ3n) is 5.42. The van der Waals surface area contributed by atoms with Crippen LogP contribution in [0.1, 0.15) is 29.5 Å². The molecule has 2 N–H and O–H groups in total. The van der Waals surface area contributed by atoms with E-state index >= 15 is 0 Å². The second kappa shape index (κ2) is 7.84. The van der Waals surface area contributed by atoms with E-state index in [2.05, 4.69) is 4.98 Å². The van der Waals surface area contributed by atoms with Gasteiger partial charge in [0.25, 0.3) is 11.7 Å². The molecule has 1 saturated heterocycles. The first-order valence-corrected chi connectivity index (χ1v) is 9.94. The highest BCUT2D eigenvalue weighted by Gasteiger charge is 2.47. The number of aromatic nitrogens is 1. The Kier molecular flexibility index (Phi) is 5.22. The Labute approximate surface area is 174 Å². The van der Waals surface area contributed by atoms with Gasteiger partial charge in [0, 0.05) is 29.2 Å². The van der Waals surface area contributed by atoms with E-state index < -0.39 is 17.7 Å². The lowest BCUT2D eigenvalue weighted by atomic mass is 9.99. The Morgan fingerprint density at radius 3 is 2.67 bits per heavy atom. The number of rotatable bonds is 6. The van der Waals surface area contributed by atoms with Gasteiger partial charge < -0.3 is 24.3 Å². The molecular formula is C23H25N3O4. The van der Waals surface area contributed by atoms with Crippen LogP contribution in [0.4, 0.5) is 0 Å². The average molecular weight is 407 g/mol. The summed E-state index contributed by atoms with van der Waals surface area (Å²) in [5.74, 6) is -0.357. The van der Waals surface area contributed by atoms with Crippen molar-refractivity contribution in [2.75, 3.05) is 27.2 Å². The molecule has 0 radical (unpaired) electrons. The summed E-state index contributed by atoms with van der Waals surface area (Å²) in [6.45, 7) is 2.97. The number of aromatic amines is 1. The third kappa shape index (κ3) is 3.41. The van der Waals surface area contributed by atoms with Gasteiger partial charge in [0.1, 0.15) is 23.3 Å². The molecule has 30 heavy (non-hydrogen) atoms. The first-order chi connectivity index (χ1) is 14.4. The summed E-state index contributed by atoms with van der Waals surface area (Å²) in [7, 11) is 3.91. The highest BCUT2D eigenvalue weighted by molar-refractivity contribution is 6.46. The van der Waals surface area contributed by atoms with Crippen LogP contribution in [0.15, 0.2) is 52.6 Å². The van der Waals surface area contributed by atoms with Gasteiger partial charge >= 0.3 is 0 Å². The number of ketones is 1. The monoisotopic (exact) mass is 407 g/mol. The number of aliphatic hydroxyl groups excluding tert-OH is 1. The number of nitrogens with zero attached hydrogens (tertiary/aromatic N) is 2. The summed E-state index contributed by atoms with van der Waals surface area (Å²) in [6.07, 6.45) is 2.35. The van der Waals surface area contributed by atoms with Gasteiger partial charge in [-0.05, 0) is 52.2 Å². The number of amides is 1. The zero-order valence-corrected chi connectivity index (χ0v) is 17.3. The van der Waals surface area contributed by atoms with Crippen LogP contribution in [-0.2, 0) is 9.59 Å². The number of H-pyrrole nitrogens is 1. The molecule has 2 aromatic heterocycles. The molecular weight excluding hydrogens is 382 g/mol. The van der Waals surface area contributed by atoms with Crippen molar-refractivity contribution in [1.29, 1.82) is 0 Å². The highest BCUT2D eigenvalue weighted by Crippen LogP contribution is 2.41. The van der Waals surface area contributed by atoms with Crippen LogP contribution >= 0.6 is 0 Å². The third-order valence-corrected chi connectivity index (χ3v) is 5.42. The zero-order chi connectivity index (χ0) is 21.4. The Morgan fingerprint density at radius 2 is 1.97 bits per heavy atom. The molecule has 3 aromatic rings. The summed E-state index contributed by atoms with van der Waals surface area (Å²) >= 11 is 0. The molecule has 0 saturated carbocycles. The van der Waals surface area contributed by atoms with E-state index in [1.807, 2.05) is 43.3 Å². The number of hydrogen-bond donors (Lipinski definition) is 2. The normalized spacial score (nSPS) is 18.8. The van der Waals surface area contributed by atoms with Crippen molar-refractivity contribution in [2.24, 2.45) is 0 Å². The molecule has 7 nitrogen and oxygen atoms in total. The summed E-state index contributed by atoms with van der Waals surface area (Å²) in [6, 6.07) is 10.3. The van der Waals surface area contributed by atoms with Crippen LogP contribution in [0.25, 0.3) is 16.7 Å². The van der Waals surface area contributed by atoms with E-state index in [9.17, 15) is 14.7 Å². The summed E-state index contributed by atoms with van der Waals surface area (Å²) < 4.78 is 5.80. The summed E-state index contributed by atoms with van der Waals surface area (Å²) in [5, 5.41) is 12.0.